The van der Waals surface area contributed by atoms with E-state index in [9.17, 15) is 18.0 Å². The Labute approximate surface area is 116 Å². The number of carbonyl (C=O) groups excluding carboxylic acids is 1. The number of amides is 1. The summed E-state index contributed by atoms with van der Waals surface area (Å²) in [7, 11) is 1.56. The molecule has 20 heavy (non-hydrogen) atoms. The summed E-state index contributed by atoms with van der Waals surface area (Å²) in [5, 5.41) is 9.99. The average Bonchev–Trinajstić information content (AvgIpc) is 2.85. The number of hydrogen-bond donors (Lipinski definition) is 1. The number of nitrogens with zero attached hydrogens (tertiary/aromatic N) is 4. The summed E-state index contributed by atoms with van der Waals surface area (Å²) in [6, 6.07) is 1.34. The van der Waals surface area contributed by atoms with Crippen molar-refractivity contribution in [3.63, 3.8) is 0 Å². The molecule has 0 saturated heterocycles. The predicted molar refractivity (Wildman–Crippen MR) is 64.5 cm³/mol. The summed E-state index contributed by atoms with van der Waals surface area (Å²) in [6.07, 6.45) is -2.17. The lowest BCUT2D eigenvalue weighted by Crippen LogP contribution is -2.18. The van der Waals surface area contributed by atoms with Gasteiger partial charge in [0.05, 0.1) is 11.9 Å². The van der Waals surface area contributed by atoms with Crippen LogP contribution in [0.2, 0.25) is 5.15 Å². The van der Waals surface area contributed by atoms with Gasteiger partial charge in [0.25, 0.3) is 5.91 Å². The molecule has 0 saturated carbocycles. The zero-order chi connectivity index (χ0) is 14.9. The molecule has 0 fully saturated rings. The minimum atomic E-state index is -4.37. The molecule has 2 aromatic rings. The highest BCUT2D eigenvalue weighted by Gasteiger charge is 2.28. The maximum absolute atomic E-state index is 12.1. The minimum absolute atomic E-state index is 0.0565. The lowest BCUT2D eigenvalue weighted by atomic mass is 10.4. The Balaban J connectivity index is 2.05. The smallest absolute Gasteiger partial charge is 0.318 e. The summed E-state index contributed by atoms with van der Waals surface area (Å²) >= 11 is 5.73. The van der Waals surface area contributed by atoms with Crippen LogP contribution < -0.4 is 5.32 Å². The number of rotatable bonds is 3. The molecule has 0 bridgehead atoms. The van der Waals surface area contributed by atoms with Crippen LogP contribution in [0.1, 0.15) is 10.5 Å². The van der Waals surface area contributed by atoms with E-state index in [0.717, 1.165) is 12.4 Å². The molecule has 2 heterocycles. The zero-order valence-corrected chi connectivity index (χ0v) is 10.9. The van der Waals surface area contributed by atoms with E-state index >= 15 is 0 Å². The molecular weight excluding hydrogens is 299 g/mol. The number of hydrogen-bond acceptors (Lipinski definition) is 3. The van der Waals surface area contributed by atoms with Gasteiger partial charge in [0.15, 0.2) is 5.69 Å². The van der Waals surface area contributed by atoms with Crippen LogP contribution >= 0.6 is 11.6 Å². The largest absolute Gasteiger partial charge is 0.408 e. The van der Waals surface area contributed by atoms with E-state index in [2.05, 4.69) is 15.5 Å². The van der Waals surface area contributed by atoms with Gasteiger partial charge in [-0.15, -0.1) is 0 Å². The number of aryl methyl sites for hydroxylation is 1. The molecular formula is C10H9ClF3N5O. The second-order valence-corrected chi connectivity index (χ2v) is 4.36. The molecule has 0 aromatic carbocycles. The topological polar surface area (TPSA) is 64.7 Å². The fourth-order valence-electron chi connectivity index (χ4n) is 1.45. The fourth-order valence-corrected chi connectivity index (χ4v) is 1.59. The van der Waals surface area contributed by atoms with Gasteiger partial charge in [-0.1, -0.05) is 11.6 Å². The van der Waals surface area contributed by atoms with Crippen molar-refractivity contribution in [3.05, 3.63) is 29.3 Å². The van der Waals surface area contributed by atoms with Crippen LogP contribution in [0.25, 0.3) is 0 Å². The Morgan fingerprint density at radius 2 is 2.20 bits per heavy atom. The Bertz CT molecular complexity index is 614. The Kier molecular flexibility index (Phi) is 3.71. The highest BCUT2D eigenvalue weighted by atomic mass is 35.5. The maximum Gasteiger partial charge on any atom is 0.408 e. The third kappa shape index (κ3) is 3.50. The quantitative estimate of drug-likeness (QED) is 0.944. The summed E-state index contributed by atoms with van der Waals surface area (Å²) < 4.78 is 38.4. The molecule has 1 amide bonds. The summed E-state index contributed by atoms with van der Waals surface area (Å²) in [5.41, 5.74) is 0.196. The number of nitrogens with one attached hydrogen (secondary N) is 1. The first-order valence-electron chi connectivity index (χ1n) is 5.35. The molecule has 0 aliphatic carbocycles. The van der Waals surface area contributed by atoms with Crippen molar-refractivity contribution < 1.29 is 18.0 Å². The van der Waals surface area contributed by atoms with Crippen LogP contribution in [-0.2, 0) is 13.6 Å². The first-order chi connectivity index (χ1) is 9.24. The van der Waals surface area contributed by atoms with Crippen LogP contribution in [-0.4, -0.2) is 31.6 Å². The van der Waals surface area contributed by atoms with Crippen LogP contribution in [0.3, 0.4) is 0 Å². The van der Waals surface area contributed by atoms with Crippen LogP contribution in [0.4, 0.5) is 18.9 Å². The van der Waals surface area contributed by atoms with Gasteiger partial charge in [0, 0.05) is 19.3 Å². The van der Waals surface area contributed by atoms with Gasteiger partial charge in [-0.05, 0) is 0 Å². The van der Waals surface area contributed by atoms with E-state index in [0.29, 0.717) is 4.68 Å². The summed E-state index contributed by atoms with van der Waals surface area (Å²) in [4.78, 5) is 11.8. The van der Waals surface area contributed by atoms with Gasteiger partial charge in [0.2, 0.25) is 0 Å². The second-order valence-electron chi connectivity index (χ2n) is 3.97. The van der Waals surface area contributed by atoms with Gasteiger partial charge >= 0.3 is 6.18 Å². The molecule has 108 valence electrons. The van der Waals surface area contributed by atoms with Crippen molar-refractivity contribution in [1.82, 2.24) is 19.6 Å². The molecule has 10 heteroatoms. The average molecular weight is 308 g/mol. The van der Waals surface area contributed by atoms with Crippen molar-refractivity contribution in [2.75, 3.05) is 5.32 Å². The second kappa shape index (κ2) is 5.16. The van der Waals surface area contributed by atoms with Crippen LogP contribution in [0, 0.1) is 0 Å². The Hall–Kier alpha value is -2.03. The van der Waals surface area contributed by atoms with E-state index in [-0.39, 0.29) is 16.5 Å². The van der Waals surface area contributed by atoms with Gasteiger partial charge in [0.1, 0.15) is 11.7 Å². The summed E-state index contributed by atoms with van der Waals surface area (Å²) in [5.74, 6) is -0.584. The molecule has 0 aliphatic rings. The first kappa shape index (κ1) is 14.4. The number of anilines is 1. The van der Waals surface area contributed by atoms with E-state index in [4.69, 9.17) is 11.6 Å². The molecule has 0 radical (unpaired) electrons. The maximum atomic E-state index is 12.1. The monoisotopic (exact) mass is 307 g/mol. The fraction of sp³-hybridized carbons (Fsp3) is 0.300. The SMILES string of the molecule is Cn1nc(C(=O)Nc2cnn(CC(F)(F)F)c2)cc1Cl. The number of halogens is 4. The highest BCUT2D eigenvalue weighted by molar-refractivity contribution is 6.30. The molecule has 1 N–H and O–H groups in total. The third-order valence-corrected chi connectivity index (χ3v) is 2.64. The van der Waals surface area contributed by atoms with Gasteiger partial charge in [-0.2, -0.15) is 23.4 Å². The normalized spacial score (nSPS) is 11.7. The van der Waals surface area contributed by atoms with E-state index in [1.54, 1.807) is 7.05 Å². The van der Waals surface area contributed by atoms with Crippen molar-refractivity contribution in [2.45, 2.75) is 12.7 Å². The van der Waals surface area contributed by atoms with Gasteiger partial charge < -0.3 is 5.32 Å². The van der Waals surface area contributed by atoms with Crippen molar-refractivity contribution in [2.24, 2.45) is 7.05 Å². The molecule has 0 aliphatic heterocycles. The van der Waals surface area contributed by atoms with E-state index in [1.165, 1.54) is 10.7 Å². The molecule has 2 rings (SSSR count). The standard InChI is InChI=1S/C10H9ClF3N5O/c1-18-8(11)2-7(17-18)9(20)16-6-3-15-19(4-6)5-10(12,13)14/h2-4H,5H2,1H3,(H,16,20). The third-order valence-electron chi connectivity index (χ3n) is 2.29. The van der Waals surface area contributed by atoms with E-state index < -0.39 is 18.6 Å². The molecule has 0 spiro atoms. The zero-order valence-electron chi connectivity index (χ0n) is 10.1. The lowest BCUT2D eigenvalue weighted by Gasteiger charge is -2.05. The Morgan fingerprint density at radius 1 is 1.50 bits per heavy atom. The van der Waals surface area contributed by atoms with Crippen molar-refractivity contribution in [1.29, 1.82) is 0 Å². The molecule has 6 nitrogen and oxygen atoms in total. The Morgan fingerprint density at radius 3 is 2.75 bits per heavy atom. The molecule has 0 unspecified atom stereocenters. The van der Waals surface area contributed by atoms with Gasteiger partial charge in [-0.25, -0.2) is 0 Å². The van der Waals surface area contributed by atoms with Crippen molar-refractivity contribution in [3.8, 4) is 0 Å². The summed E-state index contributed by atoms with van der Waals surface area (Å²) in [6.45, 7) is -1.22. The first-order valence-corrected chi connectivity index (χ1v) is 5.72. The minimum Gasteiger partial charge on any atom is -0.318 e. The number of aromatic nitrogens is 4. The highest BCUT2D eigenvalue weighted by Crippen LogP contribution is 2.18. The van der Waals surface area contributed by atoms with Crippen LogP contribution in [0.15, 0.2) is 18.5 Å². The lowest BCUT2D eigenvalue weighted by molar-refractivity contribution is -0.142. The number of alkyl halides is 3. The molecule has 0 atom stereocenters. The van der Waals surface area contributed by atoms with Gasteiger partial charge in [-0.3, -0.25) is 14.2 Å². The molecule has 2 aromatic heterocycles. The van der Waals surface area contributed by atoms with Crippen molar-refractivity contribution >= 4 is 23.2 Å². The van der Waals surface area contributed by atoms with Crippen LogP contribution in [0.5, 0.6) is 0 Å². The number of carbonyl (C=O) groups is 1. The van der Waals surface area contributed by atoms with E-state index in [1.807, 2.05) is 0 Å². The predicted octanol–water partition coefficient (Wildman–Crippen LogP) is 2.08.